The fraction of sp³-hybridized carbons (Fsp3) is 0.750. The van der Waals surface area contributed by atoms with Gasteiger partial charge < -0.3 is 10.0 Å². The van der Waals surface area contributed by atoms with Gasteiger partial charge in [-0.1, -0.05) is 25.3 Å². The molecule has 0 radical (unpaired) electrons. The molecule has 100 valence electrons. The molecule has 1 aliphatic heterocycles. The number of hydrogen-bond acceptors (Lipinski definition) is 5. The minimum absolute atomic E-state index is 0.0240. The van der Waals surface area contributed by atoms with Crippen LogP contribution < -0.4 is 0 Å². The molecular weight excluding hydrogens is 250 g/mol. The van der Waals surface area contributed by atoms with Crippen molar-refractivity contribution < 1.29 is 9.90 Å². The molecule has 1 N–H and O–H groups in total. The maximum atomic E-state index is 12.5. The van der Waals surface area contributed by atoms with Crippen LogP contribution in [0.25, 0.3) is 0 Å². The van der Waals surface area contributed by atoms with E-state index in [9.17, 15) is 9.90 Å². The number of carbonyl (C=O) groups is 1. The van der Waals surface area contributed by atoms with E-state index in [2.05, 4.69) is 16.5 Å². The predicted molar refractivity (Wildman–Crippen MR) is 69.7 cm³/mol. The maximum Gasteiger partial charge on any atom is 0.267 e. The Morgan fingerprint density at radius 2 is 2.33 bits per heavy atom. The summed E-state index contributed by atoms with van der Waals surface area (Å²) in [5.74, 6) is 0.509. The summed E-state index contributed by atoms with van der Waals surface area (Å²) in [6.07, 6.45) is 0.945. The van der Waals surface area contributed by atoms with Crippen LogP contribution in [0, 0.1) is 5.92 Å². The standard InChI is InChI=1S/C12H19N3O2S/c1-7(2)10-11(18-14-13-10)12(17)15-5-4-8(3)9(15)6-16/h7-9,16H,4-6H2,1-3H3. The lowest BCUT2D eigenvalue weighted by Gasteiger charge is -2.24. The molecule has 0 saturated carbocycles. The van der Waals surface area contributed by atoms with E-state index >= 15 is 0 Å². The van der Waals surface area contributed by atoms with Gasteiger partial charge in [0.15, 0.2) is 0 Å². The lowest BCUT2D eigenvalue weighted by atomic mass is 10.0. The van der Waals surface area contributed by atoms with E-state index in [4.69, 9.17) is 0 Å². The average molecular weight is 269 g/mol. The first kappa shape index (κ1) is 13.4. The van der Waals surface area contributed by atoms with E-state index < -0.39 is 0 Å². The van der Waals surface area contributed by atoms with Crippen molar-refractivity contribution in [3.05, 3.63) is 10.6 Å². The zero-order valence-corrected chi connectivity index (χ0v) is 11.8. The Morgan fingerprint density at radius 1 is 1.61 bits per heavy atom. The van der Waals surface area contributed by atoms with Crippen LogP contribution in [-0.4, -0.2) is 44.7 Å². The van der Waals surface area contributed by atoms with Crippen LogP contribution in [-0.2, 0) is 0 Å². The Kier molecular flexibility index (Phi) is 3.97. The second-order valence-electron chi connectivity index (χ2n) is 5.16. The van der Waals surface area contributed by atoms with Crippen LogP contribution in [0.4, 0.5) is 0 Å². The molecule has 0 spiro atoms. The molecule has 18 heavy (non-hydrogen) atoms. The van der Waals surface area contributed by atoms with E-state index in [1.54, 1.807) is 4.90 Å². The Morgan fingerprint density at radius 3 is 2.94 bits per heavy atom. The molecule has 2 unspecified atom stereocenters. The Bertz CT molecular complexity index is 433. The molecule has 0 bridgehead atoms. The highest BCUT2D eigenvalue weighted by atomic mass is 32.1. The molecule has 2 rings (SSSR count). The monoisotopic (exact) mass is 269 g/mol. The van der Waals surface area contributed by atoms with Gasteiger partial charge in [-0.2, -0.15) is 0 Å². The molecule has 1 amide bonds. The van der Waals surface area contributed by atoms with Crippen molar-refractivity contribution in [3.8, 4) is 0 Å². The maximum absolute atomic E-state index is 12.5. The van der Waals surface area contributed by atoms with Gasteiger partial charge >= 0.3 is 0 Å². The quantitative estimate of drug-likeness (QED) is 0.903. The number of hydrogen-bond donors (Lipinski definition) is 1. The zero-order chi connectivity index (χ0) is 13.3. The van der Waals surface area contributed by atoms with Crippen LogP contribution in [0.5, 0.6) is 0 Å². The van der Waals surface area contributed by atoms with Gasteiger partial charge in [-0.05, 0) is 29.8 Å². The molecule has 6 heteroatoms. The third kappa shape index (κ3) is 2.27. The van der Waals surface area contributed by atoms with Crippen molar-refractivity contribution in [2.45, 2.75) is 39.2 Å². The third-order valence-electron chi connectivity index (χ3n) is 3.58. The van der Waals surface area contributed by atoms with Gasteiger partial charge in [-0.25, -0.2) is 0 Å². The first-order valence-electron chi connectivity index (χ1n) is 6.30. The Balaban J connectivity index is 2.23. The minimum atomic E-state index is -0.0698. The average Bonchev–Trinajstić information content (AvgIpc) is 2.93. The van der Waals surface area contributed by atoms with Crippen molar-refractivity contribution in [1.82, 2.24) is 14.5 Å². The van der Waals surface area contributed by atoms with Crippen LogP contribution in [0.15, 0.2) is 0 Å². The van der Waals surface area contributed by atoms with E-state index in [-0.39, 0.29) is 24.5 Å². The number of aliphatic hydroxyl groups excluding tert-OH is 1. The number of rotatable bonds is 3. The first-order valence-corrected chi connectivity index (χ1v) is 7.07. The molecule has 1 aliphatic rings. The number of nitrogens with zero attached hydrogens (tertiary/aromatic N) is 3. The summed E-state index contributed by atoms with van der Waals surface area (Å²) in [6, 6.07) is -0.0698. The van der Waals surface area contributed by atoms with Crippen molar-refractivity contribution in [2.75, 3.05) is 13.2 Å². The normalized spacial score (nSPS) is 23.9. The van der Waals surface area contributed by atoms with Crippen molar-refractivity contribution in [1.29, 1.82) is 0 Å². The summed E-state index contributed by atoms with van der Waals surface area (Å²) in [7, 11) is 0. The highest BCUT2D eigenvalue weighted by Crippen LogP contribution is 2.28. The summed E-state index contributed by atoms with van der Waals surface area (Å²) >= 11 is 1.15. The van der Waals surface area contributed by atoms with Crippen LogP contribution in [0.2, 0.25) is 0 Å². The van der Waals surface area contributed by atoms with Crippen molar-refractivity contribution in [3.63, 3.8) is 0 Å². The topological polar surface area (TPSA) is 66.3 Å². The molecule has 0 aromatic carbocycles. The smallest absolute Gasteiger partial charge is 0.267 e. The number of aliphatic hydroxyl groups is 1. The van der Waals surface area contributed by atoms with E-state index in [0.29, 0.717) is 17.3 Å². The van der Waals surface area contributed by atoms with E-state index in [1.807, 2.05) is 13.8 Å². The summed E-state index contributed by atoms with van der Waals surface area (Å²) in [5, 5.41) is 13.4. The van der Waals surface area contributed by atoms with Gasteiger partial charge in [-0.3, -0.25) is 4.79 Å². The summed E-state index contributed by atoms with van der Waals surface area (Å²) in [5.41, 5.74) is 0.765. The third-order valence-corrected chi connectivity index (χ3v) is 4.31. The zero-order valence-electron chi connectivity index (χ0n) is 11.0. The van der Waals surface area contributed by atoms with Crippen LogP contribution in [0.1, 0.15) is 48.5 Å². The van der Waals surface area contributed by atoms with Gasteiger partial charge in [0.25, 0.3) is 5.91 Å². The van der Waals surface area contributed by atoms with Crippen LogP contribution >= 0.6 is 11.5 Å². The first-order chi connectivity index (χ1) is 8.56. The fourth-order valence-electron chi connectivity index (χ4n) is 2.39. The van der Waals surface area contributed by atoms with Crippen molar-refractivity contribution in [2.24, 2.45) is 5.92 Å². The SMILES string of the molecule is CC(C)c1nnsc1C(=O)N1CCC(C)C1CO. The second kappa shape index (κ2) is 5.32. The number of carbonyl (C=O) groups excluding carboxylic acids is 1. The molecular formula is C12H19N3O2S. The highest BCUT2D eigenvalue weighted by molar-refractivity contribution is 7.08. The van der Waals surface area contributed by atoms with Crippen molar-refractivity contribution >= 4 is 17.4 Å². The number of aromatic nitrogens is 2. The van der Waals surface area contributed by atoms with E-state index in [0.717, 1.165) is 23.6 Å². The van der Waals surface area contributed by atoms with Gasteiger partial charge in [0.05, 0.1) is 18.3 Å². The summed E-state index contributed by atoms with van der Waals surface area (Å²) in [4.78, 5) is 14.9. The second-order valence-corrected chi connectivity index (χ2v) is 5.91. The molecule has 1 aromatic rings. The molecule has 0 aliphatic carbocycles. The molecule has 2 heterocycles. The van der Waals surface area contributed by atoms with Gasteiger partial charge in [0.2, 0.25) is 0 Å². The summed E-state index contributed by atoms with van der Waals surface area (Å²) < 4.78 is 3.89. The van der Waals surface area contributed by atoms with Gasteiger partial charge in [0.1, 0.15) is 4.88 Å². The largest absolute Gasteiger partial charge is 0.394 e. The minimum Gasteiger partial charge on any atom is -0.394 e. The lowest BCUT2D eigenvalue weighted by molar-refractivity contribution is 0.0651. The Hall–Kier alpha value is -1.01. The molecule has 1 aromatic heterocycles. The lowest BCUT2D eigenvalue weighted by Crippen LogP contribution is -2.39. The molecule has 1 fully saturated rings. The number of likely N-dealkylation sites (tertiary alicyclic amines) is 1. The van der Waals surface area contributed by atoms with E-state index in [1.165, 1.54) is 0 Å². The molecule has 2 atom stereocenters. The molecule has 5 nitrogen and oxygen atoms in total. The highest BCUT2D eigenvalue weighted by Gasteiger charge is 2.36. The Labute approximate surface area is 111 Å². The fourth-order valence-corrected chi connectivity index (χ4v) is 3.17. The predicted octanol–water partition coefficient (Wildman–Crippen LogP) is 1.50. The van der Waals surface area contributed by atoms with Gasteiger partial charge in [-0.15, -0.1) is 5.10 Å². The molecule has 1 saturated heterocycles. The number of amides is 1. The van der Waals surface area contributed by atoms with Crippen LogP contribution in [0.3, 0.4) is 0 Å². The summed E-state index contributed by atoms with van der Waals surface area (Å²) in [6.45, 7) is 6.81. The van der Waals surface area contributed by atoms with Gasteiger partial charge in [0, 0.05) is 6.54 Å².